The largest absolute Gasteiger partial charge is 0.481 e. The second-order valence-electron chi connectivity index (χ2n) is 4.33. The highest BCUT2D eigenvalue weighted by molar-refractivity contribution is 6.30. The molecule has 1 atom stereocenters. The Balaban J connectivity index is 2.65. The Morgan fingerprint density at radius 3 is 2.78 bits per heavy atom. The molecule has 0 saturated heterocycles. The molecule has 0 saturated carbocycles. The van der Waals surface area contributed by atoms with Gasteiger partial charge in [-0.2, -0.15) is 0 Å². The highest BCUT2D eigenvalue weighted by atomic mass is 35.5. The molecule has 1 aromatic rings. The second kappa shape index (κ2) is 7.36. The maximum atomic E-state index is 10.8. The molecule has 1 rings (SSSR count). The number of aliphatic hydroxyl groups is 1. The molecule has 2 N–H and O–H groups in total. The molecule has 100 valence electrons. The molecule has 0 aliphatic heterocycles. The molecule has 0 heterocycles. The van der Waals surface area contributed by atoms with Gasteiger partial charge in [0.25, 0.3) is 0 Å². The summed E-state index contributed by atoms with van der Waals surface area (Å²) in [5.74, 6) is -1.29. The summed E-state index contributed by atoms with van der Waals surface area (Å²) in [6.45, 7) is 3.10. The van der Waals surface area contributed by atoms with E-state index < -0.39 is 11.9 Å². The fourth-order valence-corrected chi connectivity index (χ4v) is 1.95. The van der Waals surface area contributed by atoms with E-state index in [4.69, 9.17) is 21.8 Å². The predicted molar refractivity (Wildman–Crippen MR) is 70.6 cm³/mol. The van der Waals surface area contributed by atoms with Crippen LogP contribution in [0.1, 0.15) is 12.5 Å². The molecule has 0 aliphatic carbocycles. The lowest BCUT2D eigenvalue weighted by atomic mass is 10.1. The number of carboxylic acids is 1. The van der Waals surface area contributed by atoms with Crippen LogP contribution in [0.5, 0.6) is 0 Å². The molecule has 0 aliphatic rings. The van der Waals surface area contributed by atoms with Gasteiger partial charge in [-0.25, -0.2) is 0 Å². The van der Waals surface area contributed by atoms with Crippen molar-refractivity contribution < 1.29 is 15.0 Å². The molecule has 1 aromatic carbocycles. The molecule has 0 spiro atoms. The summed E-state index contributed by atoms with van der Waals surface area (Å²) < 4.78 is 0. The Kier molecular flexibility index (Phi) is 6.12. The first-order valence-corrected chi connectivity index (χ1v) is 6.21. The van der Waals surface area contributed by atoms with Crippen LogP contribution < -0.4 is 0 Å². The van der Waals surface area contributed by atoms with Crippen molar-refractivity contribution in [1.82, 2.24) is 4.90 Å². The fourth-order valence-electron chi connectivity index (χ4n) is 1.74. The first-order valence-electron chi connectivity index (χ1n) is 5.83. The second-order valence-corrected chi connectivity index (χ2v) is 4.76. The number of halogens is 1. The van der Waals surface area contributed by atoms with Crippen molar-refractivity contribution in [2.24, 2.45) is 5.92 Å². The zero-order valence-corrected chi connectivity index (χ0v) is 11.1. The van der Waals surface area contributed by atoms with Gasteiger partial charge < -0.3 is 10.2 Å². The Labute approximate surface area is 112 Å². The van der Waals surface area contributed by atoms with Crippen molar-refractivity contribution in [3.8, 4) is 0 Å². The maximum absolute atomic E-state index is 10.8. The number of carboxylic acid groups (broad SMARTS) is 1. The number of benzene rings is 1. The number of carbonyl (C=O) groups is 1. The first-order chi connectivity index (χ1) is 8.52. The summed E-state index contributed by atoms with van der Waals surface area (Å²) in [6.07, 6.45) is 0. The third-order valence-electron chi connectivity index (χ3n) is 2.67. The molecule has 0 amide bonds. The van der Waals surface area contributed by atoms with Crippen LogP contribution in [0, 0.1) is 5.92 Å². The van der Waals surface area contributed by atoms with Crippen LogP contribution in [0.15, 0.2) is 24.3 Å². The van der Waals surface area contributed by atoms with Gasteiger partial charge in [-0.1, -0.05) is 30.7 Å². The van der Waals surface area contributed by atoms with Gasteiger partial charge in [0, 0.05) is 24.7 Å². The lowest BCUT2D eigenvalue weighted by Crippen LogP contribution is -2.33. The fraction of sp³-hybridized carbons (Fsp3) is 0.462. The van der Waals surface area contributed by atoms with Crippen molar-refractivity contribution in [3.63, 3.8) is 0 Å². The molecule has 0 bridgehead atoms. The molecular weight excluding hydrogens is 254 g/mol. The van der Waals surface area contributed by atoms with Gasteiger partial charge in [-0.15, -0.1) is 0 Å². The van der Waals surface area contributed by atoms with E-state index in [9.17, 15) is 4.79 Å². The number of nitrogens with zero attached hydrogens (tertiary/aromatic N) is 1. The van der Waals surface area contributed by atoms with E-state index in [0.29, 0.717) is 24.7 Å². The minimum absolute atomic E-state index is 0.00685. The van der Waals surface area contributed by atoms with E-state index in [1.807, 2.05) is 23.1 Å². The number of hydrogen-bond donors (Lipinski definition) is 2. The van der Waals surface area contributed by atoms with Gasteiger partial charge >= 0.3 is 5.97 Å². The quantitative estimate of drug-likeness (QED) is 0.795. The summed E-state index contributed by atoms with van der Waals surface area (Å²) >= 11 is 5.90. The normalized spacial score (nSPS) is 12.7. The van der Waals surface area contributed by atoms with Gasteiger partial charge in [0.15, 0.2) is 0 Å². The lowest BCUT2D eigenvalue weighted by molar-refractivity contribution is -0.141. The minimum Gasteiger partial charge on any atom is -0.481 e. The molecule has 5 heteroatoms. The zero-order valence-electron chi connectivity index (χ0n) is 10.3. The standard InChI is InChI=1S/C13H18ClNO3/c1-10(13(17)18)8-15(5-6-16)9-11-3-2-4-12(14)7-11/h2-4,7,10,16H,5-6,8-9H2,1H3,(H,17,18). The van der Waals surface area contributed by atoms with Gasteiger partial charge in [0.05, 0.1) is 12.5 Å². The number of hydrogen-bond acceptors (Lipinski definition) is 3. The van der Waals surface area contributed by atoms with Crippen molar-refractivity contribution in [1.29, 1.82) is 0 Å². The van der Waals surface area contributed by atoms with Crippen LogP contribution in [0.4, 0.5) is 0 Å². The van der Waals surface area contributed by atoms with Gasteiger partial charge in [0.1, 0.15) is 0 Å². The third kappa shape index (κ3) is 5.04. The van der Waals surface area contributed by atoms with E-state index >= 15 is 0 Å². The number of rotatable bonds is 7. The Morgan fingerprint density at radius 2 is 2.22 bits per heavy atom. The van der Waals surface area contributed by atoms with E-state index in [1.165, 1.54) is 0 Å². The average molecular weight is 272 g/mol. The minimum atomic E-state index is -0.830. The number of aliphatic hydroxyl groups excluding tert-OH is 1. The first kappa shape index (κ1) is 15.0. The van der Waals surface area contributed by atoms with E-state index in [-0.39, 0.29) is 6.61 Å². The Bertz CT molecular complexity index is 398. The van der Waals surface area contributed by atoms with Crippen LogP contribution in [0.3, 0.4) is 0 Å². The molecular formula is C13H18ClNO3. The smallest absolute Gasteiger partial charge is 0.307 e. The van der Waals surface area contributed by atoms with Gasteiger partial charge in [0.2, 0.25) is 0 Å². The maximum Gasteiger partial charge on any atom is 0.307 e. The van der Waals surface area contributed by atoms with Crippen LogP contribution in [-0.2, 0) is 11.3 Å². The van der Waals surface area contributed by atoms with E-state index in [0.717, 1.165) is 5.56 Å². The monoisotopic (exact) mass is 271 g/mol. The summed E-state index contributed by atoms with van der Waals surface area (Å²) in [4.78, 5) is 12.7. The van der Waals surface area contributed by atoms with Crippen molar-refractivity contribution in [2.45, 2.75) is 13.5 Å². The lowest BCUT2D eigenvalue weighted by Gasteiger charge is -2.23. The SMILES string of the molecule is CC(CN(CCO)Cc1cccc(Cl)c1)C(=O)O. The molecule has 0 radical (unpaired) electrons. The summed E-state index contributed by atoms with van der Waals surface area (Å²) in [6, 6.07) is 7.43. The molecule has 0 fully saturated rings. The van der Waals surface area contributed by atoms with Crippen molar-refractivity contribution >= 4 is 17.6 Å². The van der Waals surface area contributed by atoms with Crippen LogP contribution in [0.2, 0.25) is 5.02 Å². The summed E-state index contributed by atoms with van der Waals surface area (Å²) in [5.41, 5.74) is 1.01. The zero-order chi connectivity index (χ0) is 13.5. The highest BCUT2D eigenvalue weighted by Crippen LogP contribution is 2.13. The predicted octanol–water partition coefficient (Wildman–Crippen LogP) is 1.85. The summed E-state index contributed by atoms with van der Waals surface area (Å²) in [5, 5.41) is 18.6. The topological polar surface area (TPSA) is 60.8 Å². The molecule has 18 heavy (non-hydrogen) atoms. The van der Waals surface area contributed by atoms with Crippen LogP contribution >= 0.6 is 11.6 Å². The van der Waals surface area contributed by atoms with Gasteiger partial charge in [-0.3, -0.25) is 9.69 Å². The number of aliphatic carboxylic acids is 1. The third-order valence-corrected chi connectivity index (χ3v) is 2.90. The van der Waals surface area contributed by atoms with E-state index in [2.05, 4.69) is 0 Å². The van der Waals surface area contributed by atoms with Crippen molar-refractivity contribution in [2.75, 3.05) is 19.7 Å². The Morgan fingerprint density at radius 1 is 1.50 bits per heavy atom. The van der Waals surface area contributed by atoms with Crippen LogP contribution in [0.25, 0.3) is 0 Å². The Hall–Kier alpha value is -1.10. The average Bonchev–Trinajstić information content (AvgIpc) is 2.29. The highest BCUT2D eigenvalue weighted by Gasteiger charge is 2.16. The molecule has 1 unspecified atom stereocenters. The summed E-state index contributed by atoms with van der Waals surface area (Å²) in [7, 11) is 0. The van der Waals surface area contributed by atoms with Crippen LogP contribution in [-0.4, -0.2) is 40.8 Å². The molecule has 4 nitrogen and oxygen atoms in total. The van der Waals surface area contributed by atoms with Gasteiger partial charge in [-0.05, 0) is 17.7 Å². The molecule has 0 aromatic heterocycles. The van der Waals surface area contributed by atoms with Crippen molar-refractivity contribution in [3.05, 3.63) is 34.9 Å². The van der Waals surface area contributed by atoms with E-state index in [1.54, 1.807) is 13.0 Å².